The highest BCUT2D eigenvalue weighted by atomic mass is 79.9. The van der Waals surface area contributed by atoms with E-state index in [0.717, 1.165) is 0 Å². The number of hydrogen-bond donors (Lipinski definition) is 2. The van der Waals surface area contributed by atoms with Gasteiger partial charge in [0.2, 0.25) is 6.41 Å². The molecule has 0 saturated carbocycles. The molecular formula is C10H10BrNO4. The number of nitrogens with one attached hydrogen (secondary N) is 1. The number of aliphatic carboxylic acids is 1. The van der Waals surface area contributed by atoms with Crippen LogP contribution in [-0.2, 0) is 9.59 Å². The first-order chi connectivity index (χ1) is 7.60. The van der Waals surface area contributed by atoms with Gasteiger partial charge in [0.1, 0.15) is 5.75 Å². The van der Waals surface area contributed by atoms with Gasteiger partial charge in [0.25, 0.3) is 0 Å². The largest absolute Gasteiger partial charge is 0.496 e. The number of rotatable bonds is 5. The molecule has 5 nitrogen and oxygen atoms in total. The number of methoxy groups -OCH3 is 1. The minimum atomic E-state index is -1.12. The summed E-state index contributed by atoms with van der Waals surface area (Å²) >= 11 is 3.24. The molecule has 0 aromatic heterocycles. The Labute approximate surface area is 101 Å². The molecule has 0 heterocycles. The number of benzene rings is 1. The van der Waals surface area contributed by atoms with E-state index >= 15 is 0 Å². The van der Waals surface area contributed by atoms with Crippen molar-refractivity contribution < 1.29 is 19.4 Å². The molecule has 16 heavy (non-hydrogen) atoms. The Morgan fingerprint density at radius 3 is 2.75 bits per heavy atom. The van der Waals surface area contributed by atoms with Crippen LogP contribution in [0.1, 0.15) is 11.6 Å². The summed E-state index contributed by atoms with van der Waals surface area (Å²) < 4.78 is 5.65. The number of carbonyl (C=O) groups is 2. The van der Waals surface area contributed by atoms with Crippen molar-refractivity contribution in [1.29, 1.82) is 0 Å². The van der Waals surface area contributed by atoms with E-state index in [0.29, 0.717) is 22.2 Å². The summed E-state index contributed by atoms with van der Waals surface area (Å²) in [6.07, 6.45) is 0.358. The van der Waals surface area contributed by atoms with Gasteiger partial charge in [-0.1, -0.05) is 6.07 Å². The van der Waals surface area contributed by atoms with Crippen molar-refractivity contribution in [3.63, 3.8) is 0 Å². The van der Waals surface area contributed by atoms with Crippen LogP contribution in [0, 0.1) is 0 Å². The normalized spacial score (nSPS) is 11.6. The maximum absolute atomic E-state index is 10.9. The van der Waals surface area contributed by atoms with Gasteiger partial charge in [-0.3, -0.25) is 4.79 Å². The summed E-state index contributed by atoms with van der Waals surface area (Å²) in [6, 6.07) is 3.74. The van der Waals surface area contributed by atoms with Crippen LogP contribution in [-0.4, -0.2) is 24.6 Å². The first kappa shape index (κ1) is 12.5. The Morgan fingerprint density at radius 2 is 2.31 bits per heavy atom. The van der Waals surface area contributed by atoms with Gasteiger partial charge in [0.05, 0.1) is 11.6 Å². The zero-order valence-corrected chi connectivity index (χ0v) is 10.0. The van der Waals surface area contributed by atoms with E-state index in [1.54, 1.807) is 18.2 Å². The van der Waals surface area contributed by atoms with Gasteiger partial charge in [-0.25, -0.2) is 4.79 Å². The highest BCUT2D eigenvalue weighted by molar-refractivity contribution is 9.10. The quantitative estimate of drug-likeness (QED) is 0.801. The Balaban J connectivity index is 3.06. The van der Waals surface area contributed by atoms with Gasteiger partial charge in [-0.05, 0) is 33.6 Å². The van der Waals surface area contributed by atoms with Crippen molar-refractivity contribution in [2.45, 2.75) is 6.04 Å². The lowest BCUT2D eigenvalue weighted by Gasteiger charge is -2.13. The number of carboxylic acids is 1. The van der Waals surface area contributed by atoms with Crippen molar-refractivity contribution in [1.82, 2.24) is 5.32 Å². The van der Waals surface area contributed by atoms with E-state index in [1.807, 2.05) is 0 Å². The van der Waals surface area contributed by atoms with Crippen LogP contribution in [0.15, 0.2) is 22.7 Å². The number of carbonyl (C=O) groups excluding carboxylic acids is 1. The van der Waals surface area contributed by atoms with Gasteiger partial charge < -0.3 is 15.2 Å². The third-order valence-electron chi connectivity index (χ3n) is 1.99. The van der Waals surface area contributed by atoms with Crippen molar-refractivity contribution in [3.8, 4) is 5.75 Å². The molecule has 1 unspecified atom stereocenters. The number of hydrogen-bond acceptors (Lipinski definition) is 3. The van der Waals surface area contributed by atoms with Crippen molar-refractivity contribution in [2.75, 3.05) is 7.11 Å². The fourth-order valence-electron chi connectivity index (χ4n) is 1.24. The first-order valence-corrected chi connectivity index (χ1v) is 5.15. The lowest BCUT2D eigenvalue weighted by Crippen LogP contribution is -2.27. The summed E-state index contributed by atoms with van der Waals surface area (Å²) in [5, 5.41) is 11.1. The molecule has 1 atom stereocenters. The monoisotopic (exact) mass is 287 g/mol. The Morgan fingerprint density at radius 1 is 1.62 bits per heavy atom. The van der Waals surface area contributed by atoms with Crippen LogP contribution in [0.2, 0.25) is 0 Å². The van der Waals surface area contributed by atoms with Gasteiger partial charge >= 0.3 is 5.97 Å². The Kier molecular flexibility index (Phi) is 4.30. The summed E-state index contributed by atoms with van der Waals surface area (Å²) in [5.74, 6) is -0.525. The van der Waals surface area contributed by atoms with Gasteiger partial charge in [-0.15, -0.1) is 0 Å². The molecule has 1 aromatic carbocycles. The van der Waals surface area contributed by atoms with Crippen LogP contribution >= 0.6 is 15.9 Å². The predicted octanol–water partition coefficient (Wildman–Crippen LogP) is 1.33. The molecule has 0 spiro atoms. The topological polar surface area (TPSA) is 75.6 Å². The smallest absolute Gasteiger partial charge is 0.330 e. The Hall–Kier alpha value is -1.56. The number of amides is 1. The second kappa shape index (κ2) is 5.50. The van der Waals surface area contributed by atoms with Crippen LogP contribution in [0.25, 0.3) is 0 Å². The summed E-state index contributed by atoms with van der Waals surface area (Å²) in [6.45, 7) is 0. The fourth-order valence-corrected chi connectivity index (χ4v) is 1.80. The van der Waals surface area contributed by atoms with E-state index in [1.165, 1.54) is 7.11 Å². The molecule has 1 amide bonds. The average Bonchev–Trinajstić information content (AvgIpc) is 2.25. The van der Waals surface area contributed by atoms with Crippen LogP contribution < -0.4 is 10.1 Å². The number of carboxylic acid groups (broad SMARTS) is 1. The molecule has 0 bridgehead atoms. The average molecular weight is 288 g/mol. The van der Waals surface area contributed by atoms with Crippen LogP contribution in [0.4, 0.5) is 0 Å². The highest BCUT2D eigenvalue weighted by Gasteiger charge is 2.19. The lowest BCUT2D eigenvalue weighted by atomic mass is 10.1. The summed E-state index contributed by atoms with van der Waals surface area (Å²) in [4.78, 5) is 21.2. The van der Waals surface area contributed by atoms with Gasteiger partial charge in [0.15, 0.2) is 6.04 Å². The molecule has 0 radical (unpaired) electrons. The van der Waals surface area contributed by atoms with Crippen LogP contribution in [0.3, 0.4) is 0 Å². The zero-order valence-electron chi connectivity index (χ0n) is 8.44. The molecule has 0 aliphatic rings. The molecule has 1 aromatic rings. The van der Waals surface area contributed by atoms with E-state index in [2.05, 4.69) is 21.2 Å². The third kappa shape index (κ3) is 2.73. The minimum absolute atomic E-state index is 0.358. The standard InChI is InChI=1S/C10H10BrNO4/c1-16-8-3-2-6(4-7(8)11)9(10(14)15)12-5-13/h2-5,9H,1H3,(H,12,13)(H,14,15). The Bertz CT molecular complexity index is 408. The molecule has 1 rings (SSSR count). The van der Waals surface area contributed by atoms with Crippen molar-refractivity contribution >= 4 is 28.3 Å². The molecule has 0 fully saturated rings. The van der Waals surface area contributed by atoms with E-state index in [-0.39, 0.29) is 0 Å². The highest BCUT2D eigenvalue weighted by Crippen LogP contribution is 2.28. The van der Waals surface area contributed by atoms with E-state index in [9.17, 15) is 9.59 Å². The summed E-state index contributed by atoms with van der Waals surface area (Å²) in [7, 11) is 1.51. The van der Waals surface area contributed by atoms with E-state index in [4.69, 9.17) is 9.84 Å². The van der Waals surface area contributed by atoms with Crippen molar-refractivity contribution in [3.05, 3.63) is 28.2 Å². The second-order valence-corrected chi connectivity index (χ2v) is 3.80. The van der Waals surface area contributed by atoms with E-state index < -0.39 is 12.0 Å². The van der Waals surface area contributed by atoms with Crippen molar-refractivity contribution in [2.24, 2.45) is 0 Å². The number of ether oxygens (including phenoxy) is 1. The van der Waals surface area contributed by atoms with Gasteiger partial charge in [0, 0.05) is 0 Å². The van der Waals surface area contributed by atoms with Gasteiger partial charge in [-0.2, -0.15) is 0 Å². The third-order valence-corrected chi connectivity index (χ3v) is 2.61. The fraction of sp³-hybridized carbons (Fsp3) is 0.200. The molecule has 6 heteroatoms. The maximum Gasteiger partial charge on any atom is 0.330 e. The predicted molar refractivity (Wildman–Crippen MR) is 60.3 cm³/mol. The summed E-state index contributed by atoms with van der Waals surface area (Å²) in [5.41, 5.74) is 0.465. The van der Waals surface area contributed by atoms with Crippen LogP contribution in [0.5, 0.6) is 5.75 Å². The molecule has 0 aliphatic heterocycles. The molecular weight excluding hydrogens is 278 g/mol. The number of halogens is 1. The minimum Gasteiger partial charge on any atom is -0.496 e. The molecule has 0 saturated heterocycles. The second-order valence-electron chi connectivity index (χ2n) is 2.95. The molecule has 0 aliphatic carbocycles. The maximum atomic E-state index is 10.9. The lowest BCUT2D eigenvalue weighted by molar-refractivity contribution is -0.140. The molecule has 2 N–H and O–H groups in total. The molecule has 86 valence electrons. The zero-order chi connectivity index (χ0) is 12.1. The SMILES string of the molecule is COc1ccc(C(NC=O)C(=O)O)cc1Br. The first-order valence-electron chi connectivity index (χ1n) is 4.36.